The molecule has 38 heavy (non-hydrogen) atoms. The number of carbonyl (C=O) groups excluding carboxylic acids is 1. The summed E-state index contributed by atoms with van der Waals surface area (Å²) >= 11 is 2.90. The molecule has 9 heteroatoms. The van der Waals surface area contributed by atoms with Crippen LogP contribution >= 0.6 is 22.7 Å². The van der Waals surface area contributed by atoms with E-state index in [2.05, 4.69) is 31.0 Å². The topological polar surface area (TPSA) is 87.1 Å². The van der Waals surface area contributed by atoms with Gasteiger partial charge in [-0.1, -0.05) is 43.4 Å². The molecule has 1 atom stereocenters. The fourth-order valence-corrected chi connectivity index (χ4v) is 6.01. The average Bonchev–Trinajstić information content (AvgIpc) is 3.50. The molecule has 0 radical (unpaired) electrons. The maximum absolute atomic E-state index is 13.1. The summed E-state index contributed by atoms with van der Waals surface area (Å²) in [5.74, 6) is 1.05. The largest absolute Gasteiger partial charge is 0.497 e. The van der Waals surface area contributed by atoms with Gasteiger partial charge in [0.1, 0.15) is 10.6 Å². The van der Waals surface area contributed by atoms with E-state index in [1.165, 1.54) is 22.7 Å². The molecule has 0 aliphatic carbocycles. The van der Waals surface area contributed by atoms with E-state index in [1.807, 2.05) is 55.5 Å². The molecule has 2 N–H and O–H groups in total. The Balaban J connectivity index is 1.49. The molecule has 1 unspecified atom stereocenters. The van der Waals surface area contributed by atoms with Crippen molar-refractivity contribution in [2.45, 2.75) is 40.7 Å². The Hall–Kier alpha value is -3.27. The monoisotopic (exact) mass is 550 g/mol. The number of thiophene rings is 1. The van der Waals surface area contributed by atoms with Crippen LogP contribution in [0, 0.1) is 12.8 Å². The molecule has 0 fully saturated rings. The van der Waals surface area contributed by atoms with Crippen molar-refractivity contribution < 1.29 is 14.6 Å². The van der Waals surface area contributed by atoms with Crippen LogP contribution < -0.4 is 15.0 Å². The molecule has 1 amide bonds. The molecular weight excluding hydrogens is 516 g/mol. The lowest BCUT2D eigenvalue weighted by atomic mass is 10.0. The highest BCUT2D eigenvalue weighted by Crippen LogP contribution is 2.36. The number of thiazole rings is 1. The number of rotatable bonds is 11. The predicted octanol–water partition coefficient (Wildman–Crippen LogP) is 7.06. The molecule has 0 aliphatic heterocycles. The fraction of sp³-hybridized carbons (Fsp3) is 0.345. The minimum atomic E-state index is -0.162. The fourth-order valence-electron chi connectivity index (χ4n) is 3.88. The normalized spacial score (nSPS) is 12.5. The number of carbonyl (C=O) groups is 1. The van der Waals surface area contributed by atoms with Crippen molar-refractivity contribution in [2.75, 3.05) is 30.5 Å². The van der Waals surface area contributed by atoms with E-state index in [0.717, 1.165) is 55.0 Å². The number of amides is 1. The molecule has 0 aliphatic rings. The highest BCUT2D eigenvalue weighted by Gasteiger charge is 2.18. The number of hydrogen-bond acceptors (Lipinski definition) is 8. The third-order valence-corrected chi connectivity index (χ3v) is 8.78. The third kappa shape index (κ3) is 6.59. The molecule has 0 saturated heterocycles. The van der Waals surface area contributed by atoms with E-state index < -0.39 is 0 Å². The number of ether oxygens (including phenoxy) is 1. The number of hydrogen-bond donors (Lipinski definition) is 2. The molecule has 2 aromatic heterocycles. The summed E-state index contributed by atoms with van der Waals surface area (Å²) in [6.07, 6.45) is 1.04. The van der Waals surface area contributed by atoms with Gasteiger partial charge in [0.05, 0.1) is 29.0 Å². The van der Waals surface area contributed by atoms with Crippen LogP contribution in [0.25, 0.3) is 9.53 Å². The van der Waals surface area contributed by atoms with Crippen LogP contribution in [0.2, 0.25) is 0 Å². The maximum atomic E-state index is 13.1. The molecule has 0 spiro atoms. The summed E-state index contributed by atoms with van der Waals surface area (Å²) in [6, 6.07) is 15.6. The Morgan fingerprint density at radius 2 is 1.95 bits per heavy atom. The smallest absolute Gasteiger partial charge is 0.265 e. The Labute approximate surface area is 231 Å². The molecule has 4 rings (SSSR count). The SMILES string of the molecule is CCC(C)/C(C)=N\c1cc(NC(=O)c2cc3sc(N(CCO)Cc4ccc(OC)cc4)nc3s2)ccc1C. The van der Waals surface area contributed by atoms with E-state index in [-0.39, 0.29) is 12.5 Å². The first-order valence-corrected chi connectivity index (χ1v) is 14.3. The Kier molecular flexibility index (Phi) is 9.14. The van der Waals surface area contributed by atoms with Crippen molar-refractivity contribution in [3.63, 3.8) is 0 Å². The van der Waals surface area contributed by atoms with Gasteiger partial charge in [0, 0.05) is 24.5 Å². The number of aliphatic hydroxyl groups is 1. The van der Waals surface area contributed by atoms with E-state index >= 15 is 0 Å². The number of fused-ring (bicyclic) bond motifs is 1. The van der Waals surface area contributed by atoms with Crippen molar-refractivity contribution in [3.05, 3.63) is 64.5 Å². The highest BCUT2D eigenvalue weighted by molar-refractivity contribution is 7.29. The Bertz CT molecular complexity index is 1390. The Morgan fingerprint density at radius 3 is 2.61 bits per heavy atom. The lowest BCUT2D eigenvalue weighted by Gasteiger charge is -2.20. The number of aliphatic hydroxyl groups excluding tert-OH is 1. The second-order valence-corrected chi connectivity index (χ2v) is 11.3. The van der Waals surface area contributed by atoms with E-state index in [4.69, 9.17) is 14.7 Å². The van der Waals surface area contributed by atoms with Crippen LogP contribution in [0.4, 0.5) is 16.5 Å². The summed E-state index contributed by atoms with van der Waals surface area (Å²) in [5, 5.41) is 13.5. The van der Waals surface area contributed by atoms with Crippen LogP contribution in [-0.2, 0) is 6.54 Å². The van der Waals surface area contributed by atoms with E-state index in [1.54, 1.807) is 7.11 Å². The summed E-state index contributed by atoms with van der Waals surface area (Å²) in [5.41, 5.74) is 4.84. The van der Waals surface area contributed by atoms with E-state index in [9.17, 15) is 9.90 Å². The van der Waals surface area contributed by atoms with Gasteiger partial charge in [0.2, 0.25) is 0 Å². The van der Waals surface area contributed by atoms with Gasteiger partial charge in [0.25, 0.3) is 5.91 Å². The quantitative estimate of drug-likeness (QED) is 0.195. The molecule has 4 aromatic rings. The number of aromatic nitrogens is 1. The zero-order valence-electron chi connectivity index (χ0n) is 22.4. The van der Waals surface area contributed by atoms with Gasteiger partial charge in [-0.3, -0.25) is 9.79 Å². The highest BCUT2D eigenvalue weighted by atomic mass is 32.1. The van der Waals surface area contributed by atoms with Crippen LogP contribution in [0.15, 0.2) is 53.5 Å². The van der Waals surface area contributed by atoms with Gasteiger partial charge in [-0.05, 0) is 67.6 Å². The predicted molar refractivity (Wildman–Crippen MR) is 160 cm³/mol. The zero-order valence-corrected chi connectivity index (χ0v) is 24.1. The second-order valence-electron chi connectivity index (χ2n) is 9.29. The minimum Gasteiger partial charge on any atom is -0.497 e. The Morgan fingerprint density at radius 1 is 1.18 bits per heavy atom. The van der Waals surface area contributed by atoms with Crippen LogP contribution in [0.5, 0.6) is 5.75 Å². The van der Waals surface area contributed by atoms with Crippen LogP contribution in [0.1, 0.15) is 48.0 Å². The minimum absolute atomic E-state index is 0.0243. The van der Waals surface area contributed by atoms with Crippen molar-refractivity contribution in [3.8, 4) is 5.75 Å². The first-order valence-electron chi connectivity index (χ1n) is 12.7. The molecule has 2 heterocycles. The van der Waals surface area contributed by atoms with Crippen molar-refractivity contribution in [1.29, 1.82) is 0 Å². The summed E-state index contributed by atoms with van der Waals surface area (Å²) in [4.78, 5) is 26.1. The number of aliphatic imine (C=N–C) groups is 1. The average molecular weight is 551 g/mol. The molecule has 7 nitrogen and oxygen atoms in total. The second kappa shape index (κ2) is 12.5. The number of aryl methyl sites for hydroxylation is 1. The molecule has 200 valence electrons. The summed E-state index contributed by atoms with van der Waals surface area (Å²) in [6.45, 7) is 9.52. The number of benzene rings is 2. The van der Waals surface area contributed by atoms with Crippen molar-refractivity contribution >= 4 is 60.3 Å². The third-order valence-electron chi connectivity index (χ3n) is 6.56. The van der Waals surface area contributed by atoms with E-state index in [0.29, 0.717) is 23.9 Å². The number of methoxy groups -OCH3 is 1. The number of nitrogens with zero attached hydrogens (tertiary/aromatic N) is 3. The number of anilines is 2. The van der Waals surface area contributed by atoms with Crippen LogP contribution in [-0.4, -0.2) is 42.0 Å². The van der Waals surface area contributed by atoms with Gasteiger partial charge in [-0.15, -0.1) is 11.3 Å². The standard InChI is InChI=1S/C29H34N4O3S2/c1-6-18(2)20(4)30-24-15-22(10-7-19(24)3)31-27(35)25-16-26-28(37-25)32-29(38-26)33(13-14-34)17-21-8-11-23(36-5)12-9-21/h7-12,15-16,18,34H,6,13-14,17H2,1-5H3,(H,31,35)/b30-20-. The lowest BCUT2D eigenvalue weighted by Crippen LogP contribution is -2.25. The van der Waals surface area contributed by atoms with Gasteiger partial charge < -0.3 is 20.1 Å². The molecular formula is C29H34N4O3S2. The lowest BCUT2D eigenvalue weighted by molar-refractivity contribution is 0.103. The van der Waals surface area contributed by atoms with Gasteiger partial charge in [-0.2, -0.15) is 0 Å². The number of nitrogens with one attached hydrogen (secondary N) is 1. The zero-order chi connectivity index (χ0) is 27.2. The van der Waals surface area contributed by atoms with Gasteiger partial charge >= 0.3 is 0 Å². The van der Waals surface area contributed by atoms with Crippen molar-refractivity contribution in [2.24, 2.45) is 10.9 Å². The summed E-state index contributed by atoms with van der Waals surface area (Å²) < 4.78 is 6.19. The molecule has 2 aromatic carbocycles. The first-order chi connectivity index (χ1) is 18.3. The van der Waals surface area contributed by atoms with Gasteiger partial charge in [0.15, 0.2) is 5.13 Å². The maximum Gasteiger partial charge on any atom is 0.265 e. The van der Waals surface area contributed by atoms with Crippen molar-refractivity contribution in [1.82, 2.24) is 4.98 Å². The first kappa shape index (κ1) is 27.8. The van der Waals surface area contributed by atoms with Crippen LogP contribution in [0.3, 0.4) is 0 Å². The van der Waals surface area contributed by atoms with Gasteiger partial charge in [-0.25, -0.2) is 4.98 Å². The molecule has 0 saturated carbocycles. The molecule has 0 bridgehead atoms. The summed E-state index contributed by atoms with van der Waals surface area (Å²) in [7, 11) is 1.65.